The van der Waals surface area contributed by atoms with E-state index in [2.05, 4.69) is 33.8 Å². The van der Waals surface area contributed by atoms with E-state index in [1.165, 1.54) is 6.20 Å². The monoisotopic (exact) mass is 286 g/mol. The molecule has 0 bridgehead atoms. The number of nitrogens with zero attached hydrogens (tertiary/aromatic N) is 5. The number of hydrogen-bond acceptors (Lipinski definition) is 5. The van der Waals surface area contributed by atoms with Crippen LogP contribution in [0.25, 0.3) is 0 Å². The molecular weight excluding hydrogens is 268 g/mol. The summed E-state index contributed by atoms with van der Waals surface area (Å²) in [6.07, 6.45) is 5.00. The highest BCUT2D eigenvalue weighted by Crippen LogP contribution is 2.26. The maximum Gasteiger partial charge on any atom is 0.251 e. The smallest absolute Gasteiger partial charge is 0.251 e. The number of amides is 1. The summed E-state index contributed by atoms with van der Waals surface area (Å²) in [5, 5.41) is 4.19. The first-order valence-electron chi connectivity index (χ1n) is 6.96. The summed E-state index contributed by atoms with van der Waals surface area (Å²) in [7, 11) is 0. The molecule has 7 nitrogen and oxygen atoms in total. The van der Waals surface area contributed by atoms with E-state index in [9.17, 15) is 4.79 Å². The molecule has 1 amide bonds. The van der Waals surface area contributed by atoms with E-state index in [4.69, 9.17) is 5.73 Å². The van der Waals surface area contributed by atoms with Gasteiger partial charge in [0.15, 0.2) is 0 Å². The van der Waals surface area contributed by atoms with Gasteiger partial charge in [0.2, 0.25) is 0 Å². The molecule has 7 heteroatoms. The molecular formula is C14H18N6O. The molecule has 2 aromatic rings. The highest BCUT2D eigenvalue weighted by molar-refractivity contribution is 5.92. The minimum atomic E-state index is -0.449. The van der Waals surface area contributed by atoms with E-state index in [1.807, 2.05) is 6.07 Å². The Bertz CT molecular complexity index is 659. The van der Waals surface area contributed by atoms with Crippen LogP contribution in [0.1, 0.15) is 42.0 Å². The molecule has 110 valence electrons. The van der Waals surface area contributed by atoms with Gasteiger partial charge < -0.3 is 10.6 Å². The Hall–Kier alpha value is -2.44. The van der Waals surface area contributed by atoms with E-state index in [-0.39, 0.29) is 6.04 Å². The lowest BCUT2D eigenvalue weighted by atomic mass is 10.1. The molecule has 0 saturated carbocycles. The van der Waals surface area contributed by atoms with Crippen LogP contribution in [0.4, 0.5) is 5.82 Å². The number of primary amides is 1. The predicted molar refractivity (Wildman–Crippen MR) is 78.1 cm³/mol. The third-order valence-corrected chi connectivity index (χ3v) is 3.62. The first kappa shape index (κ1) is 13.5. The molecule has 2 N–H and O–H groups in total. The quantitative estimate of drug-likeness (QED) is 0.904. The zero-order valence-corrected chi connectivity index (χ0v) is 12.1. The van der Waals surface area contributed by atoms with Crippen LogP contribution in [0, 0.1) is 0 Å². The largest absolute Gasteiger partial charge is 0.366 e. The molecule has 2 aromatic heterocycles. The first-order valence-corrected chi connectivity index (χ1v) is 6.96. The number of aromatic nitrogens is 4. The van der Waals surface area contributed by atoms with Crippen molar-refractivity contribution in [3.05, 3.63) is 36.0 Å². The van der Waals surface area contributed by atoms with Gasteiger partial charge in [-0.05, 0) is 6.07 Å². The summed E-state index contributed by atoms with van der Waals surface area (Å²) in [6.45, 7) is 5.78. The Balaban J connectivity index is 1.67. The Morgan fingerprint density at radius 1 is 1.43 bits per heavy atom. The summed E-state index contributed by atoms with van der Waals surface area (Å²) in [5.41, 5.74) is 5.67. The maximum absolute atomic E-state index is 11.1. The predicted octanol–water partition coefficient (Wildman–Crippen LogP) is 0.957. The Labute approximate surface area is 122 Å². The van der Waals surface area contributed by atoms with Gasteiger partial charge in [-0.3, -0.25) is 9.48 Å². The molecule has 0 atom stereocenters. The van der Waals surface area contributed by atoms with Crippen molar-refractivity contribution in [1.29, 1.82) is 0 Å². The van der Waals surface area contributed by atoms with Crippen LogP contribution in [-0.2, 0) is 0 Å². The SMILES string of the molecule is CC(C)c1nccc(N2CC(n3cc(C(N)=O)cn3)C2)n1. The minimum Gasteiger partial charge on any atom is -0.366 e. The van der Waals surface area contributed by atoms with Gasteiger partial charge in [0.25, 0.3) is 5.91 Å². The third kappa shape index (κ3) is 2.58. The fourth-order valence-corrected chi connectivity index (χ4v) is 2.29. The minimum absolute atomic E-state index is 0.246. The van der Waals surface area contributed by atoms with E-state index in [1.54, 1.807) is 17.1 Å². The molecule has 1 aliphatic rings. The molecule has 1 saturated heterocycles. The first-order chi connectivity index (χ1) is 10.0. The molecule has 0 radical (unpaired) electrons. The summed E-state index contributed by atoms with van der Waals surface area (Å²) in [5.74, 6) is 1.65. The Kier molecular flexibility index (Phi) is 3.32. The molecule has 0 spiro atoms. The number of carbonyl (C=O) groups excluding carboxylic acids is 1. The van der Waals surface area contributed by atoms with Gasteiger partial charge in [0, 0.05) is 31.4 Å². The highest BCUT2D eigenvalue weighted by Gasteiger charge is 2.30. The lowest BCUT2D eigenvalue weighted by Gasteiger charge is -2.40. The van der Waals surface area contributed by atoms with Crippen LogP contribution in [0.3, 0.4) is 0 Å². The molecule has 0 aliphatic carbocycles. The van der Waals surface area contributed by atoms with Crippen molar-refractivity contribution < 1.29 is 4.79 Å². The summed E-state index contributed by atoms with van der Waals surface area (Å²) in [6, 6.07) is 2.16. The third-order valence-electron chi connectivity index (χ3n) is 3.62. The van der Waals surface area contributed by atoms with Crippen molar-refractivity contribution in [3.63, 3.8) is 0 Å². The normalized spacial score (nSPS) is 15.3. The van der Waals surface area contributed by atoms with Crippen LogP contribution in [0.15, 0.2) is 24.7 Å². The molecule has 1 fully saturated rings. The number of rotatable bonds is 4. The zero-order valence-electron chi connectivity index (χ0n) is 12.1. The average molecular weight is 286 g/mol. The number of carbonyl (C=O) groups is 1. The molecule has 3 heterocycles. The van der Waals surface area contributed by atoms with E-state index in [0.717, 1.165) is 24.7 Å². The summed E-state index contributed by atoms with van der Waals surface area (Å²) < 4.78 is 1.79. The van der Waals surface area contributed by atoms with Gasteiger partial charge in [-0.2, -0.15) is 5.10 Å². The van der Waals surface area contributed by atoms with Gasteiger partial charge in [-0.1, -0.05) is 13.8 Å². The van der Waals surface area contributed by atoms with Gasteiger partial charge in [0.1, 0.15) is 11.6 Å². The van der Waals surface area contributed by atoms with Crippen molar-refractivity contribution in [2.24, 2.45) is 5.73 Å². The Morgan fingerprint density at radius 3 is 2.81 bits per heavy atom. The second-order valence-corrected chi connectivity index (χ2v) is 5.56. The second-order valence-electron chi connectivity index (χ2n) is 5.56. The summed E-state index contributed by atoms with van der Waals surface area (Å²) >= 11 is 0. The Morgan fingerprint density at radius 2 is 2.19 bits per heavy atom. The summed E-state index contributed by atoms with van der Waals surface area (Å²) in [4.78, 5) is 22.1. The van der Waals surface area contributed by atoms with Crippen LogP contribution in [0.5, 0.6) is 0 Å². The fraction of sp³-hybridized carbons (Fsp3) is 0.429. The van der Waals surface area contributed by atoms with Crippen LogP contribution in [-0.4, -0.2) is 38.7 Å². The number of nitrogens with two attached hydrogens (primary N) is 1. The lowest BCUT2D eigenvalue weighted by molar-refractivity contribution is 0.1000. The van der Waals surface area contributed by atoms with Crippen molar-refractivity contribution >= 4 is 11.7 Å². The van der Waals surface area contributed by atoms with E-state index >= 15 is 0 Å². The van der Waals surface area contributed by atoms with Crippen LogP contribution < -0.4 is 10.6 Å². The van der Waals surface area contributed by atoms with E-state index in [0.29, 0.717) is 11.5 Å². The van der Waals surface area contributed by atoms with Crippen molar-refractivity contribution in [2.75, 3.05) is 18.0 Å². The van der Waals surface area contributed by atoms with Crippen molar-refractivity contribution in [3.8, 4) is 0 Å². The van der Waals surface area contributed by atoms with Gasteiger partial charge in [-0.25, -0.2) is 9.97 Å². The zero-order chi connectivity index (χ0) is 15.0. The molecule has 21 heavy (non-hydrogen) atoms. The van der Waals surface area contributed by atoms with E-state index < -0.39 is 5.91 Å². The second kappa shape index (κ2) is 5.16. The van der Waals surface area contributed by atoms with Gasteiger partial charge in [-0.15, -0.1) is 0 Å². The van der Waals surface area contributed by atoms with Gasteiger partial charge >= 0.3 is 0 Å². The molecule has 0 aromatic carbocycles. The number of anilines is 1. The van der Waals surface area contributed by atoms with Gasteiger partial charge in [0.05, 0.1) is 17.8 Å². The average Bonchev–Trinajstić information content (AvgIpc) is 2.87. The van der Waals surface area contributed by atoms with Crippen LogP contribution >= 0.6 is 0 Å². The molecule has 3 rings (SSSR count). The molecule has 1 aliphatic heterocycles. The van der Waals surface area contributed by atoms with Crippen LogP contribution in [0.2, 0.25) is 0 Å². The fourth-order valence-electron chi connectivity index (χ4n) is 2.29. The molecule has 0 unspecified atom stereocenters. The topological polar surface area (TPSA) is 89.9 Å². The standard InChI is InChI=1S/C14H18N6O/c1-9(2)14-16-4-3-12(18-14)19-7-11(8-19)20-6-10(5-17-20)13(15)21/h3-6,9,11H,7-8H2,1-2H3,(H2,15,21). The maximum atomic E-state index is 11.1. The highest BCUT2D eigenvalue weighted by atomic mass is 16.1. The van der Waals surface area contributed by atoms with Crippen molar-refractivity contribution in [2.45, 2.75) is 25.8 Å². The van der Waals surface area contributed by atoms with Crippen molar-refractivity contribution in [1.82, 2.24) is 19.7 Å². The lowest BCUT2D eigenvalue weighted by Crippen LogP contribution is -2.48. The number of hydrogen-bond donors (Lipinski definition) is 1.